The van der Waals surface area contributed by atoms with Crippen LogP contribution in [0.3, 0.4) is 0 Å². The first-order valence-corrected chi connectivity index (χ1v) is 6.03. The van der Waals surface area contributed by atoms with E-state index in [0.29, 0.717) is 0 Å². The molecule has 3 heteroatoms. The van der Waals surface area contributed by atoms with Crippen molar-refractivity contribution in [2.24, 2.45) is 0 Å². The third-order valence-corrected chi connectivity index (χ3v) is 3.22. The van der Waals surface area contributed by atoms with Crippen molar-refractivity contribution in [3.63, 3.8) is 0 Å². The Morgan fingerprint density at radius 1 is 1.33 bits per heavy atom. The van der Waals surface area contributed by atoms with Gasteiger partial charge in [-0.15, -0.1) is 0 Å². The summed E-state index contributed by atoms with van der Waals surface area (Å²) in [5.41, 5.74) is 3.74. The second kappa shape index (κ2) is 6.13. The number of ether oxygens (including phenoxy) is 1. The molecule has 0 unspecified atom stereocenters. The van der Waals surface area contributed by atoms with Crippen LogP contribution < -0.4 is 5.32 Å². The van der Waals surface area contributed by atoms with Crippen molar-refractivity contribution in [3.05, 3.63) is 27.7 Å². The summed E-state index contributed by atoms with van der Waals surface area (Å²) in [5, 5.41) is 3.40. The van der Waals surface area contributed by atoms with Crippen molar-refractivity contribution in [3.8, 4) is 0 Å². The van der Waals surface area contributed by atoms with E-state index in [0.717, 1.165) is 24.2 Å². The van der Waals surface area contributed by atoms with Crippen molar-refractivity contribution < 1.29 is 4.74 Å². The third kappa shape index (κ3) is 3.50. The zero-order valence-corrected chi connectivity index (χ0v) is 11.1. The number of benzene rings is 1. The van der Waals surface area contributed by atoms with E-state index in [1.54, 1.807) is 0 Å². The Hall–Kier alpha value is -0.540. The number of nitrogens with one attached hydrogen (secondary N) is 1. The molecule has 0 fully saturated rings. The molecule has 0 saturated carbocycles. The summed E-state index contributed by atoms with van der Waals surface area (Å²) < 4.78 is 6.44. The number of aryl methyl sites for hydroxylation is 1. The Labute approximate surface area is 100 Å². The summed E-state index contributed by atoms with van der Waals surface area (Å²) in [7, 11) is 0. The lowest BCUT2D eigenvalue weighted by Gasteiger charge is -2.13. The standard InChI is InChI=1S/C12H18BrNO/c1-4-15-8-7-14-12-9(2)5-6-11(13)10(12)3/h5-6,14H,4,7-8H2,1-3H3. The van der Waals surface area contributed by atoms with Crippen LogP contribution in [0.15, 0.2) is 16.6 Å². The number of anilines is 1. The first kappa shape index (κ1) is 12.5. The molecule has 0 spiro atoms. The molecule has 1 N–H and O–H groups in total. The Balaban J connectivity index is 2.63. The van der Waals surface area contributed by atoms with Crippen LogP contribution in [-0.4, -0.2) is 19.8 Å². The van der Waals surface area contributed by atoms with E-state index in [2.05, 4.69) is 47.2 Å². The predicted molar refractivity (Wildman–Crippen MR) is 68.6 cm³/mol. The highest BCUT2D eigenvalue weighted by Gasteiger charge is 2.04. The number of hydrogen-bond acceptors (Lipinski definition) is 2. The minimum Gasteiger partial charge on any atom is -0.382 e. The fraction of sp³-hybridized carbons (Fsp3) is 0.500. The summed E-state index contributed by atoms with van der Waals surface area (Å²) in [6.45, 7) is 8.62. The lowest BCUT2D eigenvalue weighted by atomic mass is 10.1. The van der Waals surface area contributed by atoms with Crippen LogP contribution in [0.25, 0.3) is 0 Å². The first-order valence-electron chi connectivity index (χ1n) is 5.24. The van der Waals surface area contributed by atoms with Gasteiger partial charge in [-0.25, -0.2) is 0 Å². The van der Waals surface area contributed by atoms with E-state index in [-0.39, 0.29) is 0 Å². The second-order valence-electron chi connectivity index (χ2n) is 3.49. The highest BCUT2D eigenvalue weighted by atomic mass is 79.9. The number of halogens is 1. The van der Waals surface area contributed by atoms with Gasteiger partial charge in [0.2, 0.25) is 0 Å². The lowest BCUT2D eigenvalue weighted by Crippen LogP contribution is -2.11. The van der Waals surface area contributed by atoms with Crippen molar-refractivity contribution >= 4 is 21.6 Å². The van der Waals surface area contributed by atoms with Gasteiger partial charge in [-0.2, -0.15) is 0 Å². The predicted octanol–water partition coefficient (Wildman–Crippen LogP) is 3.51. The van der Waals surface area contributed by atoms with Gasteiger partial charge >= 0.3 is 0 Å². The summed E-state index contributed by atoms with van der Waals surface area (Å²) in [4.78, 5) is 0. The molecule has 2 nitrogen and oxygen atoms in total. The van der Waals surface area contributed by atoms with Crippen LogP contribution in [0.5, 0.6) is 0 Å². The topological polar surface area (TPSA) is 21.3 Å². The largest absolute Gasteiger partial charge is 0.382 e. The Morgan fingerprint density at radius 3 is 2.73 bits per heavy atom. The molecule has 1 aromatic carbocycles. The molecule has 0 atom stereocenters. The molecule has 1 aromatic rings. The molecule has 0 bridgehead atoms. The molecule has 1 rings (SSSR count). The zero-order chi connectivity index (χ0) is 11.3. The summed E-state index contributed by atoms with van der Waals surface area (Å²) >= 11 is 3.53. The van der Waals surface area contributed by atoms with Gasteiger partial charge in [0.1, 0.15) is 0 Å². The molecule has 0 aliphatic carbocycles. The highest BCUT2D eigenvalue weighted by Crippen LogP contribution is 2.26. The molecule has 0 aliphatic rings. The van der Waals surface area contributed by atoms with E-state index < -0.39 is 0 Å². The van der Waals surface area contributed by atoms with E-state index >= 15 is 0 Å². The smallest absolute Gasteiger partial charge is 0.0638 e. The van der Waals surface area contributed by atoms with Crippen LogP contribution in [0, 0.1) is 13.8 Å². The maximum atomic E-state index is 5.29. The van der Waals surface area contributed by atoms with Gasteiger partial charge in [-0.1, -0.05) is 22.0 Å². The van der Waals surface area contributed by atoms with Crippen molar-refractivity contribution in [1.29, 1.82) is 0 Å². The van der Waals surface area contributed by atoms with Crippen LogP contribution >= 0.6 is 15.9 Å². The Kier molecular flexibility index (Phi) is 5.12. The fourth-order valence-electron chi connectivity index (χ4n) is 1.49. The van der Waals surface area contributed by atoms with E-state index in [4.69, 9.17) is 4.74 Å². The average Bonchev–Trinajstić information content (AvgIpc) is 2.23. The maximum absolute atomic E-state index is 5.29. The minimum atomic E-state index is 0.752. The van der Waals surface area contributed by atoms with Gasteiger partial charge in [0.15, 0.2) is 0 Å². The monoisotopic (exact) mass is 271 g/mol. The summed E-state index contributed by atoms with van der Waals surface area (Å²) in [6.07, 6.45) is 0. The molecule has 0 amide bonds. The zero-order valence-electron chi connectivity index (χ0n) is 9.56. The van der Waals surface area contributed by atoms with Crippen LogP contribution in [-0.2, 0) is 4.74 Å². The van der Waals surface area contributed by atoms with Gasteiger partial charge in [-0.3, -0.25) is 0 Å². The third-order valence-electron chi connectivity index (χ3n) is 2.36. The number of hydrogen-bond donors (Lipinski definition) is 1. The normalized spacial score (nSPS) is 10.4. The molecule has 0 radical (unpaired) electrons. The minimum absolute atomic E-state index is 0.752. The average molecular weight is 272 g/mol. The first-order chi connectivity index (χ1) is 7.16. The SMILES string of the molecule is CCOCCNc1c(C)ccc(Br)c1C. The molecule has 0 aromatic heterocycles. The summed E-state index contributed by atoms with van der Waals surface area (Å²) in [6, 6.07) is 4.19. The van der Waals surface area contributed by atoms with E-state index in [1.807, 2.05) is 6.92 Å². The molecule has 0 heterocycles. The van der Waals surface area contributed by atoms with E-state index in [1.165, 1.54) is 16.8 Å². The fourth-order valence-corrected chi connectivity index (χ4v) is 1.82. The van der Waals surface area contributed by atoms with Gasteiger partial charge in [-0.05, 0) is 38.0 Å². The van der Waals surface area contributed by atoms with Crippen molar-refractivity contribution in [2.45, 2.75) is 20.8 Å². The van der Waals surface area contributed by atoms with Crippen LogP contribution in [0.4, 0.5) is 5.69 Å². The Bertz CT molecular complexity index is 326. The van der Waals surface area contributed by atoms with Gasteiger partial charge < -0.3 is 10.1 Å². The van der Waals surface area contributed by atoms with E-state index in [9.17, 15) is 0 Å². The quantitative estimate of drug-likeness (QED) is 0.828. The lowest BCUT2D eigenvalue weighted by molar-refractivity contribution is 0.158. The van der Waals surface area contributed by atoms with Crippen molar-refractivity contribution in [1.82, 2.24) is 0 Å². The second-order valence-corrected chi connectivity index (χ2v) is 4.34. The number of rotatable bonds is 5. The van der Waals surface area contributed by atoms with Gasteiger partial charge in [0, 0.05) is 23.3 Å². The van der Waals surface area contributed by atoms with Crippen LogP contribution in [0.2, 0.25) is 0 Å². The van der Waals surface area contributed by atoms with Gasteiger partial charge in [0.05, 0.1) is 6.61 Å². The molecule has 84 valence electrons. The Morgan fingerprint density at radius 2 is 2.07 bits per heavy atom. The highest BCUT2D eigenvalue weighted by molar-refractivity contribution is 9.10. The van der Waals surface area contributed by atoms with Crippen molar-refractivity contribution in [2.75, 3.05) is 25.1 Å². The summed E-state index contributed by atoms with van der Waals surface area (Å²) in [5.74, 6) is 0. The molecule has 0 saturated heterocycles. The molecule has 15 heavy (non-hydrogen) atoms. The maximum Gasteiger partial charge on any atom is 0.0638 e. The molecule has 0 aliphatic heterocycles. The van der Waals surface area contributed by atoms with Gasteiger partial charge in [0.25, 0.3) is 0 Å². The van der Waals surface area contributed by atoms with Crippen LogP contribution in [0.1, 0.15) is 18.1 Å². The molecular formula is C12H18BrNO. The molecular weight excluding hydrogens is 254 g/mol.